The molecule has 178 valence electrons. The van der Waals surface area contributed by atoms with Gasteiger partial charge in [-0.1, -0.05) is 48.5 Å². The quantitative estimate of drug-likeness (QED) is 0.587. The number of carbonyl (C=O) groups excluding carboxylic acids is 2. The third-order valence-electron chi connectivity index (χ3n) is 7.32. The number of benzene rings is 2. The molecule has 0 bridgehead atoms. The van der Waals surface area contributed by atoms with Gasteiger partial charge in [0.1, 0.15) is 19.2 Å². The van der Waals surface area contributed by atoms with Crippen LogP contribution in [0.1, 0.15) is 49.7 Å². The zero-order valence-electron chi connectivity index (χ0n) is 19.3. The van der Waals surface area contributed by atoms with E-state index in [2.05, 4.69) is 17.4 Å². The molecular weight excluding hydrogens is 432 g/mol. The maximum absolute atomic E-state index is 13.1. The largest absolute Gasteiger partial charge is 0.480 e. The zero-order chi connectivity index (χ0) is 23.8. The second-order valence-corrected chi connectivity index (χ2v) is 9.66. The number of aliphatic carboxylic acids is 1. The fourth-order valence-electron chi connectivity index (χ4n) is 5.36. The second-order valence-electron chi connectivity index (χ2n) is 9.66. The molecule has 7 nitrogen and oxygen atoms in total. The number of nitrogens with one attached hydrogen (secondary N) is 1. The van der Waals surface area contributed by atoms with Crippen LogP contribution in [0.2, 0.25) is 0 Å². The Morgan fingerprint density at radius 2 is 1.50 bits per heavy atom. The highest BCUT2D eigenvalue weighted by Gasteiger charge is 2.48. The van der Waals surface area contributed by atoms with E-state index in [0.29, 0.717) is 11.8 Å². The van der Waals surface area contributed by atoms with Gasteiger partial charge in [0.2, 0.25) is 5.91 Å². The Balaban J connectivity index is 1.21. The van der Waals surface area contributed by atoms with E-state index < -0.39 is 18.1 Å². The summed E-state index contributed by atoms with van der Waals surface area (Å²) in [6.45, 7) is 1.44. The van der Waals surface area contributed by atoms with Crippen molar-refractivity contribution in [2.45, 2.75) is 50.6 Å². The standard InChI is InChI=1S/C27H30N2O5/c1-16(26(31)32)29(25(17-10-11-17)18-12-13-18)24(30)14-28-27(33)34-15-23-21-8-4-2-6-19(21)20-7-3-5-9-22(20)23/h2-9,16-18,23,25H,10-15H2,1H3,(H,28,33)(H,31,32). The first-order valence-electron chi connectivity index (χ1n) is 12.1. The highest BCUT2D eigenvalue weighted by molar-refractivity contribution is 5.87. The maximum atomic E-state index is 13.1. The van der Waals surface area contributed by atoms with Crippen LogP contribution < -0.4 is 5.32 Å². The number of carbonyl (C=O) groups is 3. The second kappa shape index (κ2) is 9.12. The van der Waals surface area contributed by atoms with Gasteiger partial charge in [-0.2, -0.15) is 0 Å². The van der Waals surface area contributed by atoms with E-state index >= 15 is 0 Å². The molecule has 0 heterocycles. The van der Waals surface area contributed by atoms with E-state index in [0.717, 1.165) is 47.9 Å². The summed E-state index contributed by atoms with van der Waals surface area (Å²) in [5, 5.41) is 12.1. The number of carboxylic acid groups (broad SMARTS) is 1. The number of alkyl carbamates (subject to hydrolysis) is 1. The molecular formula is C27H30N2O5. The molecule has 2 amide bonds. The van der Waals surface area contributed by atoms with Gasteiger partial charge >= 0.3 is 12.1 Å². The highest BCUT2D eigenvalue weighted by atomic mass is 16.5. The number of ether oxygens (including phenoxy) is 1. The molecule has 0 spiro atoms. The molecule has 0 saturated heterocycles. The summed E-state index contributed by atoms with van der Waals surface area (Å²) in [5.41, 5.74) is 4.52. The molecule has 0 radical (unpaired) electrons. The van der Waals surface area contributed by atoms with E-state index in [1.165, 1.54) is 4.90 Å². The summed E-state index contributed by atoms with van der Waals surface area (Å²) in [5.74, 6) is -0.722. The summed E-state index contributed by atoms with van der Waals surface area (Å²) in [6, 6.07) is 15.2. The van der Waals surface area contributed by atoms with Crippen molar-refractivity contribution in [2.24, 2.45) is 11.8 Å². The molecule has 0 aliphatic heterocycles. The molecule has 2 N–H and O–H groups in total. The molecule has 3 aliphatic rings. The first-order valence-corrected chi connectivity index (χ1v) is 12.1. The number of rotatable bonds is 9. The number of carboxylic acids is 1. The van der Waals surface area contributed by atoms with Gasteiger partial charge in [-0.15, -0.1) is 0 Å². The van der Waals surface area contributed by atoms with Crippen LogP contribution in [-0.2, 0) is 14.3 Å². The van der Waals surface area contributed by atoms with Gasteiger partial charge in [-0.3, -0.25) is 4.79 Å². The van der Waals surface area contributed by atoms with Crippen LogP contribution in [-0.4, -0.2) is 53.2 Å². The number of fused-ring (bicyclic) bond motifs is 3. The molecule has 5 rings (SSSR count). The number of amides is 2. The minimum Gasteiger partial charge on any atom is -0.480 e. The fourth-order valence-corrected chi connectivity index (χ4v) is 5.36. The predicted octanol–water partition coefficient (Wildman–Crippen LogP) is 4.02. The van der Waals surface area contributed by atoms with Crippen molar-refractivity contribution in [3.63, 3.8) is 0 Å². The average molecular weight is 463 g/mol. The highest BCUT2D eigenvalue weighted by Crippen LogP contribution is 2.48. The van der Waals surface area contributed by atoms with Crippen LogP contribution >= 0.6 is 0 Å². The lowest BCUT2D eigenvalue weighted by molar-refractivity contribution is -0.152. The number of hydrogen-bond donors (Lipinski definition) is 2. The van der Waals surface area contributed by atoms with Crippen molar-refractivity contribution >= 4 is 18.0 Å². The van der Waals surface area contributed by atoms with Gasteiger partial charge in [-0.25, -0.2) is 9.59 Å². The first-order chi connectivity index (χ1) is 16.5. The van der Waals surface area contributed by atoms with E-state index in [-0.39, 0.29) is 31.0 Å². The lowest BCUT2D eigenvalue weighted by Gasteiger charge is -2.35. The molecule has 1 atom stereocenters. The Labute approximate surface area is 199 Å². The Bertz CT molecular complexity index is 1050. The molecule has 34 heavy (non-hydrogen) atoms. The van der Waals surface area contributed by atoms with Crippen LogP contribution in [0, 0.1) is 11.8 Å². The summed E-state index contributed by atoms with van der Waals surface area (Å²) < 4.78 is 5.52. The van der Waals surface area contributed by atoms with Gasteiger partial charge in [0, 0.05) is 12.0 Å². The molecule has 3 aliphatic carbocycles. The van der Waals surface area contributed by atoms with Gasteiger partial charge in [0.05, 0.1) is 0 Å². The first kappa shape index (κ1) is 22.4. The molecule has 2 aromatic rings. The fraction of sp³-hybridized carbons (Fsp3) is 0.444. The lowest BCUT2D eigenvalue weighted by atomic mass is 9.98. The van der Waals surface area contributed by atoms with Gasteiger partial charge < -0.3 is 20.1 Å². The molecule has 2 fully saturated rings. The van der Waals surface area contributed by atoms with Crippen LogP contribution in [0.4, 0.5) is 4.79 Å². The third-order valence-corrected chi connectivity index (χ3v) is 7.32. The van der Waals surface area contributed by atoms with Crippen LogP contribution in [0.25, 0.3) is 11.1 Å². The minimum atomic E-state index is -1.03. The van der Waals surface area contributed by atoms with E-state index in [9.17, 15) is 19.5 Å². The van der Waals surface area contributed by atoms with E-state index in [1.807, 2.05) is 36.4 Å². The van der Waals surface area contributed by atoms with Crippen molar-refractivity contribution < 1.29 is 24.2 Å². The summed E-state index contributed by atoms with van der Waals surface area (Å²) in [6.07, 6.45) is 3.43. The Kier molecular flexibility index (Phi) is 6.02. The van der Waals surface area contributed by atoms with Gasteiger partial charge in [0.25, 0.3) is 0 Å². The summed E-state index contributed by atoms with van der Waals surface area (Å²) >= 11 is 0. The molecule has 0 aromatic heterocycles. The van der Waals surface area contributed by atoms with E-state index in [1.54, 1.807) is 6.92 Å². The smallest absolute Gasteiger partial charge is 0.407 e. The monoisotopic (exact) mass is 462 g/mol. The Hall–Kier alpha value is -3.35. The van der Waals surface area contributed by atoms with Crippen molar-refractivity contribution in [1.29, 1.82) is 0 Å². The lowest BCUT2D eigenvalue weighted by Crippen LogP contribution is -2.54. The molecule has 1 unspecified atom stereocenters. The normalized spacial score (nSPS) is 17.6. The van der Waals surface area contributed by atoms with Crippen molar-refractivity contribution in [1.82, 2.24) is 10.2 Å². The van der Waals surface area contributed by atoms with Crippen molar-refractivity contribution in [3.8, 4) is 11.1 Å². The predicted molar refractivity (Wildman–Crippen MR) is 126 cm³/mol. The van der Waals surface area contributed by atoms with Crippen molar-refractivity contribution in [3.05, 3.63) is 59.7 Å². The van der Waals surface area contributed by atoms with E-state index in [4.69, 9.17) is 4.74 Å². The number of hydrogen-bond acceptors (Lipinski definition) is 4. The van der Waals surface area contributed by atoms with Crippen LogP contribution in [0.3, 0.4) is 0 Å². The Morgan fingerprint density at radius 1 is 0.971 bits per heavy atom. The molecule has 2 saturated carbocycles. The maximum Gasteiger partial charge on any atom is 0.407 e. The topological polar surface area (TPSA) is 95.9 Å². The Morgan fingerprint density at radius 3 is 2.00 bits per heavy atom. The third kappa shape index (κ3) is 4.39. The molecule has 2 aromatic carbocycles. The number of nitrogens with zero attached hydrogens (tertiary/aromatic N) is 1. The molecule has 7 heteroatoms. The van der Waals surface area contributed by atoms with Gasteiger partial charge in [-0.05, 0) is 66.7 Å². The van der Waals surface area contributed by atoms with Gasteiger partial charge in [0.15, 0.2) is 0 Å². The van der Waals surface area contributed by atoms with Crippen molar-refractivity contribution in [2.75, 3.05) is 13.2 Å². The van der Waals surface area contributed by atoms with Crippen LogP contribution in [0.5, 0.6) is 0 Å². The summed E-state index contributed by atoms with van der Waals surface area (Å²) in [4.78, 5) is 38.8. The summed E-state index contributed by atoms with van der Waals surface area (Å²) in [7, 11) is 0. The minimum absolute atomic E-state index is 0.0529. The zero-order valence-corrected chi connectivity index (χ0v) is 19.3. The SMILES string of the molecule is CC(C(=O)O)N(C(=O)CNC(=O)OCC1c2ccccc2-c2ccccc21)C(C1CC1)C1CC1. The van der Waals surface area contributed by atoms with Crippen LogP contribution in [0.15, 0.2) is 48.5 Å². The average Bonchev–Trinajstić information content (AvgIpc) is 3.77.